The Kier molecular flexibility index (Phi) is 7.47. The molecule has 0 saturated carbocycles. The van der Waals surface area contributed by atoms with Crippen LogP contribution in [0.25, 0.3) is 11.3 Å². The largest absolute Gasteiger partial charge is 0.416 e. The molecule has 7 nitrogen and oxygen atoms in total. The van der Waals surface area contributed by atoms with Gasteiger partial charge in [0.25, 0.3) is 17.7 Å². The second-order valence-electron chi connectivity index (χ2n) is 9.10. The van der Waals surface area contributed by atoms with Crippen LogP contribution in [0.3, 0.4) is 0 Å². The number of alkyl halides is 3. The van der Waals surface area contributed by atoms with E-state index >= 15 is 0 Å². The fourth-order valence-electron chi connectivity index (χ4n) is 4.56. The number of hydrogen-bond donors (Lipinski definition) is 1. The average molecular weight is 607 g/mol. The number of nitrogens with one attached hydrogen (secondary N) is 1. The van der Waals surface area contributed by atoms with E-state index in [0.717, 1.165) is 28.4 Å². The van der Waals surface area contributed by atoms with Gasteiger partial charge in [0.15, 0.2) is 0 Å². The maximum absolute atomic E-state index is 13.3. The van der Waals surface area contributed by atoms with Gasteiger partial charge >= 0.3 is 6.18 Å². The van der Waals surface area contributed by atoms with Gasteiger partial charge in [0.05, 0.1) is 44.5 Å². The zero-order valence-corrected chi connectivity index (χ0v) is 23.0. The molecule has 206 valence electrons. The van der Waals surface area contributed by atoms with Gasteiger partial charge in [-0.1, -0.05) is 53.5 Å². The zero-order valence-electron chi connectivity index (χ0n) is 20.6. The van der Waals surface area contributed by atoms with Crippen molar-refractivity contribution in [2.24, 2.45) is 7.05 Å². The number of imide groups is 1. The van der Waals surface area contributed by atoms with Gasteiger partial charge in [-0.3, -0.25) is 24.0 Å². The predicted octanol–water partition coefficient (Wildman–Crippen LogP) is 6.11. The van der Waals surface area contributed by atoms with Crippen molar-refractivity contribution in [2.45, 2.75) is 18.6 Å². The molecule has 2 aromatic heterocycles. The lowest BCUT2D eigenvalue weighted by molar-refractivity contribution is -0.137. The number of aryl methyl sites for hydroxylation is 1. The van der Waals surface area contributed by atoms with Crippen molar-refractivity contribution in [3.63, 3.8) is 0 Å². The van der Waals surface area contributed by atoms with Crippen LogP contribution in [-0.4, -0.2) is 45.0 Å². The van der Waals surface area contributed by atoms with E-state index < -0.39 is 35.5 Å². The molecule has 0 fully saturated rings. The van der Waals surface area contributed by atoms with E-state index in [1.807, 2.05) is 0 Å². The first-order valence-corrected chi connectivity index (χ1v) is 13.4. The van der Waals surface area contributed by atoms with Crippen molar-refractivity contribution in [1.82, 2.24) is 20.0 Å². The summed E-state index contributed by atoms with van der Waals surface area (Å²) >= 11 is 13.6. The molecule has 1 aliphatic heterocycles. The van der Waals surface area contributed by atoms with Crippen LogP contribution in [0.2, 0.25) is 9.36 Å². The van der Waals surface area contributed by atoms with Gasteiger partial charge in [0, 0.05) is 19.2 Å². The van der Waals surface area contributed by atoms with Crippen LogP contribution in [-0.2, 0) is 19.6 Å². The second kappa shape index (κ2) is 10.7. The first kappa shape index (κ1) is 27.9. The SMILES string of the molecule is Cn1ncc(Cl)c1-c1cc(C(=O)N[C@@H](Cc2cccc(C(F)(F)F)c2)CN2C(=O)c3ccccc3C2=O)sc1Cl. The molecule has 13 heteroatoms. The topological polar surface area (TPSA) is 84.3 Å². The van der Waals surface area contributed by atoms with Gasteiger partial charge < -0.3 is 5.32 Å². The lowest BCUT2D eigenvalue weighted by Crippen LogP contribution is -2.46. The van der Waals surface area contributed by atoms with Crippen LogP contribution in [0.5, 0.6) is 0 Å². The Hall–Kier alpha value is -3.67. The highest BCUT2D eigenvalue weighted by atomic mass is 35.5. The number of carbonyl (C=O) groups excluding carboxylic acids is 3. The van der Waals surface area contributed by atoms with Crippen molar-refractivity contribution in [1.29, 1.82) is 0 Å². The average Bonchev–Trinajstić information content (AvgIpc) is 3.53. The minimum absolute atomic E-state index is 0.0808. The van der Waals surface area contributed by atoms with Gasteiger partial charge in [-0.25, -0.2) is 0 Å². The van der Waals surface area contributed by atoms with Crippen molar-refractivity contribution in [3.05, 3.63) is 97.3 Å². The number of aromatic nitrogens is 2. The Balaban J connectivity index is 1.44. The summed E-state index contributed by atoms with van der Waals surface area (Å²) in [6.45, 7) is -0.256. The Labute approximate surface area is 240 Å². The summed E-state index contributed by atoms with van der Waals surface area (Å²) in [5.41, 5.74) is 0.853. The van der Waals surface area contributed by atoms with Crippen LogP contribution in [0.1, 0.15) is 41.5 Å². The molecule has 1 aliphatic rings. The van der Waals surface area contributed by atoms with Crippen LogP contribution < -0.4 is 5.32 Å². The molecule has 4 aromatic rings. The number of rotatable bonds is 7. The summed E-state index contributed by atoms with van der Waals surface area (Å²) in [6, 6.07) is 11.6. The molecule has 0 aliphatic carbocycles. The smallest absolute Gasteiger partial charge is 0.346 e. The molecular formula is C27H19Cl2F3N4O3S. The Bertz CT molecular complexity index is 1600. The maximum atomic E-state index is 13.3. The molecule has 40 heavy (non-hydrogen) atoms. The van der Waals surface area contributed by atoms with Gasteiger partial charge in [0.2, 0.25) is 0 Å². The summed E-state index contributed by atoms with van der Waals surface area (Å²) in [7, 11) is 1.67. The summed E-state index contributed by atoms with van der Waals surface area (Å²) in [4.78, 5) is 40.5. The lowest BCUT2D eigenvalue weighted by atomic mass is 10.0. The highest BCUT2D eigenvalue weighted by Crippen LogP contribution is 2.39. The number of nitrogens with zero attached hydrogens (tertiary/aromatic N) is 3. The van der Waals surface area contributed by atoms with Gasteiger partial charge in [-0.05, 0) is 36.2 Å². The quantitative estimate of drug-likeness (QED) is 0.257. The monoisotopic (exact) mass is 606 g/mol. The van der Waals surface area contributed by atoms with Crippen molar-refractivity contribution < 1.29 is 27.6 Å². The number of carbonyl (C=O) groups is 3. The standard InChI is InChI=1S/C27H19Cl2F3N4O3S/c1-35-22(20(28)12-33-35)19-11-21(40-23(19)29)24(37)34-16(10-14-5-4-6-15(9-14)27(30,31)32)13-36-25(38)17-7-2-3-8-18(17)26(36)39/h2-9,11-12,16H,10,13H2,1H3,(H,34,37)/t16-/m0/s1. The summed E-state index contributed by atoms with van der Waals surface area (Å²) in [6.07, 6.45) is -3.20. The fourth-order valence-corrected chi connectivity index (χ4v) is 6.01. The molecule has 2 aromatic carbocycles. The van der Waals surface area contributed by atoms with E-state index in [4.69, 9.17) is 23.2 Å². The van der Waals surface area contributed by atoms with Gasteiger partial charge in [-0.2, -0.15) is 18.3 Å². The highest BCUT2D eigenvalue weighted by molar-refractivity contribution is 7.18. The highest BCUT2D eigenvalue weighted by Gasteiger charge is 2.37. The van der Waals surface area contributed by atoms with Gasteiger partial charge in [-0.15, -0.1) is 11.3 Å². The van der Waals surface area contributed by atoms with Crippen molar-refractivity contribution >= 4 is 52.3 Å². The summed E-state index contributed by atoms with van der Waals surface area (Å²) < 4.78 is 41.8. The van der Waals surface area contributed by atoms with Crippen molar-refractivity contribution in [3.8, 4) is 11.3 Å². The van der Waals surface area contributed by atoms with Crippen LogP contribution in [0.15, 0.2) is 60.8 Å². The Morgan fingerprint density at radius 3 is 2.30 bits per heavy atom. The number of fused-ring (bicyclic) bond motifs is 1. The van der Waals surface area contributed by atoms with E-state index in [-0.39, 0.29) is 38.9 Å². The zero-order chi connectivity index (χ0) is 28.8. The second-order valence-corrected chi connectivity index (χ2v) is 11.2. The van der Waals surface area contributed by atoms with Crippen molar-refractivity contribution in [2.75, 3.05) is 6.54 Å². The predicted molar refractivity (Wildman–Crippen MR) is 145 cm³/mol. The van der Waals surface area contributed by atoms with E-state index in [0.29, 0.717) is 16.3 Å². The Morgan fingerprint density at radius 2 is 1.70 bits per heavy atom. The van der Waals surface area contributed by atoms with E-state index in [1.54, 1.807) is 19.2 Å². The molecule has 0 unspecified atom stereocenters. The molecule has 1 atom stereocenters. The van der Waals surface area contributed by atoms with E-state index in [2.05, 4.69) is 10.4 Å². The maximum Gasteiger partial charge on any atom is 0.416 e. The number of benzene rings is 2. The summed E-state index contributed by atoms with van der Waals surface area (Å²) in [5.74, 6) is -1.67. The summed E-state index contributed by atoms with van der Waals surface area (Å²) in [5, 5.41) is 7.19. The third kappa shape index (κ3) is 5.36. The molecule has 0 spiro atoms. The molecule has 1 N–H and O–H groups in total. The minimum Gasteiger partial charge on any atom is -0.346 e. The molecule has 3 heterocycles. The minimum atomic E-state index is -4.56. The van der Waals surface area contributed by atoms with E-state index in [1.165, 1.54) is 41.2 Å². The molecule has 0 radical (unpaired) electrons. The van der Waals surface area contributed by atoms with Crippen LogP contribution in [0.4, 0.5) is 13.2 Å². The van der Waals surface area contributed by atoms with Crippen LogP contribution in [0, 0.1) is 0 Å². The number of amides is 3. The van der Waals surface area contributed by atoms with Crippen LogP contribution >= 0.6 is 34.5 Å². The van der Waals surface area contributed by atoms with Gasteiger partial charge in [0.1, 0.15) is 4.34 Å². The van der Waals surface area contributed by atoms with E-state index in [9.17, 15) is 27.6 Å². The number of halogens is 5. The molecule has 5 rings (SSSR count). The fraction of sp³-hybridized carbons (Fsp3) is 0.185. The number of thiophene rings is 1. The molecule has 0 bridgehead atoms. The third-order valence-corrected chi connectivity index (χ3v) is 8.05. The first-order chi connectivity index (χ1) is 18.9. The first-order valence-electron chi connectivity index (χ1n) is 11.8. The lowest BCUT2D eigenvalue weighted by Gasteiger charge is -2.24. The number of hydrogen-bond acceptors (Lipinski definition) is 5. The molecule has 3 amide bonds. The molecular weight excluding hydrogens is 588 g/mol. The third-order valence-electron chi connectivity index (χ3n) is 6.41. The normalized spacial score (nSPS) is 14.0. The Morgan fingerprint density at radius 1 is 1.02 bits per heavy atom. The molecule has 0 saturated heterocycles.